The summed E-state index contributed by atoms with van der Waals surface area (Å²) < 4.78 is 1.23. The molecule has 2 aliphatic heterocycles. The molecule has 24 heavy (non-hydrogen) atoms. The number of allylic oxidation sites excluding steroid dienone is 2. The summed E-state index contributed by atoms with van der Waals surface area (Å²) in [6.07, 6.45) is 10.5. The quantitative estimate of drug-likeness (QED) is 0.685. The average molecular weight is 393 g/mol. The van der Waals surface area contributed by atoms with Crippen molar-refractivity contribution in [1.82, 2.24) is 9.80 Å². The molecule has 0 bridgehead atoms. The van der Waals surface area contributed by atoms with Crippen molar-refractivity contribution in [2.75, 3.05) is 13.1 Å². The van der Waals surface area contributed by atoms with Crippen LogP contribution in [0, 0.1) is 5.41 Å². The van der Waals surface area contributed by atoms with Crippen LogP contribution in [0.4, 0.5) is 0 Å². The Bertz CT molecular complexity index is 622. The molecule has 1 saturated heterocycles. The SMILES string of the molecule is CC1(C)C(=O)N(C2CC(C)(N3CCCCC3)C2)C2=C1CCC(Br)=C2. The van der Waals surface area contributed by atoms with Gasteiger partial charge in [0.15, 0.2) is 0 Å². The summed E-state index contributed by atoms with van der Waals surface area (Å²) in [4.78, 5) is 18.0. The lowest BCUT2D eigenvalue weighted by molar-refractivity contribution is -0.141. The Balaban J connectivity index is 1.55. The van der Waals surface area contributed by atoms with Gasteiger partial charge in [-0.3, -0.25) is 9.69 Å². The zero-order valence-corrected chi connectivity index (χ0v) is 16.8. The van der Waals surface area contributed by atoms with Gasteiger partial charge in [-0.05, 0) is 88.5 Å². The molecule has 4 heteroatoms. The lowest BCUT2D eigenvalue weighted by atomic mass is 9.71. The van der Waals surface area contributed by atoms with Gasteiger partial charge in [0.2, 0.25) is 5.91 Å². The van der Waals surface area contributed by atoms with Crippen LogP contribution in [0.25, 0.3) is 0 Å². The van der Waals surface area contributed by atoms with Gasteiger partial charge in [-0.2, -0.15) is 0 Å². The molecule has 0 spiro atoms. The monoisotopic (exact) mass is 392 g/mol. The van der Waals surface area contributed by atoms with Crippen LogP contribution in [0.3, 0.4) is 0 Å². The highest BCUT2D eigenvalue weighted by atomic mass is 79.9. The molecule has 0 unspecified atom stereocenters. The number of halogens is 1. The molecule has 2 aliphatic carbocycles. The normalized spacial score (nSPS) is 36.5. The molecule has 4 aliphatic rings. The number of nitrogens with zero attached hydrogens (tertiary/aromatic N) is 2. The van der Waals surface area contributed by atoms with Crippen LogP contribution in [-0.4, -0.2) is 40.4 Å². The van der Waals surface area contributed by atoms with Crippen molar-refractivity contribution in [2.45, 2.75) is 77.3 Å². The fraction of sp³-hybridized carbons (Fsp3) is 0.750. The molecule has 1 saturated carbocycles. The van der Waals surface area contributed by atoms with Gasteiger partial charge in [0, 0.05) is 17.3 Å². The van der Waals surface area contributed by atoms with Crippen LogP contribution in [0.2, 0.25) is 0 Å². The number of rotatable bonds is 2. The molecule has 1 amide bonds. The maximum atomic E-state index is 13.1. The first-order valence-corrected chi connectivity index (χ1v) is 10.3. The zero-order valence-electron chi connectivity index (χ0n) is 15.2. The summed E-state index contributed by atoms with van der Waals surface area (Å²) in [7, 11) is 0. The first-order chi connectivity index (χ1) is 11.3. The molecular weight excluding hydrogens is 364 g/mol. The van der Waals surface area contributed by atoms with Gasteiger partial charge in [0.1, 0.15) is 0 Å². The van der Waals surface area contributed by atoms with Crippen molar-refractivity contribution in [3.8, 4) is 0 Å². The van der Waals surface area contributed by atoms with Gasteiger partial charge >= 0.3 is 0 Å². The van der Waals surface area contributed by atoms with Gasteiger partial charge in [0.25, 0.3) is 0 Å². The molecule has 132 valence electrons. The number of carbonyl (C=O) groups excluding carboxylic acids is 1. The summed E-state index contributed by atoms with van der Waals surface area (Å²) >= 11 is 3.66. The lowest BCUT2D eigenvalue weighted by Gasteiger charge is -2.56. The van der Waals surface area contributed by atoms with Gasteiger partial charge < -0.3 is 4.90 Å². The van der Waals surface area contributed by atoms with E-state index in [1.807, 2.05) is 0 Å². The van der Waals surface area contributed by atoms with Gasteiger partial charge in [-0.1, -0.05) is 22.4 Å². The van der Waals surface area contributed by atoms with E-state index in [0.29, 0.717) is 17.5 Å². The first-order valence-electron chi connectivity index (χ1n) is 9.51. The fourth-order valence-corrected chi connectivity index (χ4v) is 5.67. The fourth-order valence-electron chi connectivity index (χ4n) is 5.26. The summed E-state index contributed by atoms with van der Waals surface area (Å²) in [5.74, 6) is 0.316. The largest absolute Gasteiger partial charge is 0.308 e. The molecule has 0 aromatic heterocycles. The second-order valence-electron chi connectivity index (χ2n) is 8.86. The molecule has 0 N–H and O–H groups in total. The minimum Gasteiger partial charge on any atom is -0.308 e. The molecule has 0 aromatic carbocycles. The van der Waals surface area contributed by atoms with E-state index in [4.69, 9.17) is 0 Å². The minimum absolute atomic E-state index is 0.300. The number of hydrogen-bond acceptors (Lipinski definition) is 2. The second-order valence-corrected chi connectivity index (χ2v) is 9.88. The van der Waals surface area contributed by atoms with E-state index in [-0.39, 0.29) is 5.41 Å². The standard InChI is InChI=1S/C20H29BrN2O/c1-19(2)16-8-7-14(21)11-17(16)23(18(19)24)15-12-20(3,13-15)22-9-5-4-6-10-22/h11,15H,4-10,12-13H2,1-3H3. The van der Waals surface area contributed by atoms with Crippen LogP contribution in [0.1, 0.15) is 65.7 Å². The zero-order chi connectivity index (χ0) is 17.1. The average Bonchev–Trinajstić information content (AvgIpc) is 2.72. The van der Waals surface area contributed by atoms with Crippen molar-refractivity contribution >= 4 is 21.8 Å². The van der Waals surface area contributed by atoms with Crippen molar-refractivity contribution in [3.05, 3.63) is 21.8 Å². The van der Waals surface area contributed by atoms with E-state index in [0.717, 1.165) is 25.7 Å². The van der Waals surface area contributed by atoms with E-state index in [9.17, 15) is 4.79 Å². The van der Waals surface area contributed by atoms with Gasteiger partial charge in [-0.25, -0.2) is 0 Å². The summed E-state index contributed by atoms with van der Waals surface area (Å²) in [6.45, 7) is 9.10. The second kappa shape index (κ2) is 5.70. The van der Waals surface area contributed by atoms with Crippen LogP contribution in [-0.2, 0) is 4.79 Å². The molecule has 4 rings (SSSR count). The molecular formula is C20H29BrN2O. The van der Waals surface area contributed by atoms with Crippen LogP contribution in [0.5, 0.6) is 0 Å². The first kappa shape index (κ1) is 16.8. The third-order valence-electron chi connectivity index (χ3n) is 6.82. The van der Waals surface area contributed by atoms with Gasteiger partial charge in [0.05, 0.1) is 5.41 Å². The van der Waals surface area contributed by atoms with E-state index >= 15 is 0 Å². The Kier molecular flexibility index (Phi) is 4.00. The molecule has 2 fully saturated rings. The Morgan fingerprint density at radius 2 is 1.75 bits per heavy atom. The minimum atomic E-state index is -0.323. The Hall–Kier alpha value is -0.610. The van der Waals surface area contributed by atoms with E-state index < -0.39 is 0 Å². The van der Waals surface area contributed by atoms with Crippen molar-refractivity contribution in [3.63, 3.8) is 0 Å². The topological polar surface area (TPSA) is 23.6 Å². The highest BCUT2D eigenvalue weighted by Crippen LogP contribution is 2.51. The molecule has 0 radical (unpaired) electrons. The predicted molar refractivity (Wildman–Crippen MR) is 101 cm³/mol. The molecule has 0 atom stereocenters. The molecule has 0 aromatic rings. The van der Waals surface area contributed by atoms with E-state index in [1.54, 1.807) is 0 Å². The summed E-state index contributed by atoms with van der Waals surface area (Å²) in [5.41, 5.74) is 2.53. The third-order valence-corrected chi connectivity index (χ3v) is 7.44. The highest BCUT2D eigenvalue weighted by Gasteiger charge is 2.54. The Labute approximate surface area is 154 Å². The lowest BCUT2D eigenvalue weighted by Crippen LogP contribution is -2.63. The number of likely N-dealkylation sites (tertiary alicyclic amines) is 1. The maximum Gasteiger partial charge on any atom is 0.237 e. The van der Waals surface area contributed by atoms with Crippen molar-refractivity contribution in [1.29, 1.82) is 0 Å². The van der Waals surface area contributed by atoms with Crippen molar-refractivity contribution < 1.29 is 4.79 Å². The summed E-state index contributed by atoms with van der Waals surface area (Å²) in [6, 6.07) is 0.380. The van der Waals surface area contributed by atoms with Crippen LogP contribution >= 0.6 is 15.9 Å². The molecule has 3 nitrogen and oxygen atoms in total. The highest BCUT2D eigenvalue weighted by molar-refractivity contribution is 9.11. The Morgan fingerprint density at radius 1 is 1.08 bits per heavy atom. The smallest absolute Gasteiger partial charge is 0.237 e. The van der Waals surface area contributed by atoms with Gasteiger partial charge in [-0.15, -0.1) is 0 Å². The summed E-state index contributed by atoms with van der Waals surface area (Å²) in [5, 5.41) is 0. The maximum absolute atomic E-state index is 13.1. The van der Waals surface area contributed by atoms with E-state index in [1.165, 1.54) is 48.1 Å². The van der Waals surface area contributed by atoms with Crippen LogP contribution in [0.15, 0.2) is 21.8 Å². The number of piperidine rings is 1. The third kappa shape index (κ3) is 2.44. The van der Waals surface area contributed by atoms with E-state index in [2.05, 4.69) is 52.6 Å². The Morgan fingerprint density at radius 3 is 2.42 bits per heavy atom. The number of amides is 1. The van der Waals surface area contributed by atoms with Crippen molar-refractivity contribution in [2.24, 2.45) is 5.41 Å². The molecule has 2 heterocycles. The number of hydrogen-bond donors (Lipinski definition) is 0. The van der Waals surface area contributed by atoms with Crippen LogP contribution < -0.4 is 0 Å². The predicted octanol–water partition coefficient (Wildman–Crippen LogP) is 4.59. The number of carbonyl (C=O) groups is 1.